The third kappa shape index (κ3) is 12.9. The first-order chi connectivity index (χ1) is 14.6. The molecule has 1 atom stereocenters. The van der Waals surface area contributed by atoms with Gasteiger partial charge in [0.15, 0.2) is 11.5 Å². The highest BCUT2D eigenvalue weighted by Gasteiger charge is 2.17. The number of hydrogen-bond acceptors (Lipinski definition) is 7. The third-order valence-electron chi connectivity index (χ3n) is 3.81. The lowest BCUT2D eigenvalue weighted by Crippen LogP contribution is -2.17. The van der Waals surface area contributed by atoms with E-state index in [-0.39, 0.29) is 0 Å². The molecule has 1 heterocycles. The van der Waals surface area contributed by atoms with E-state index in [0.717, 1.165) is 40.7 Å². The van der Waals surface area contributed by atoms with E-state index < -0.39 is 15.6 Å². The van der Waals surface area contributed by atoms with Crippen molar-refractivity contribution in [2.24, 2.45) is 5.73 Å². The number of hydrogen-bond donors (Lipinski definition) is 8. The summed E-state index contributed by atoms with van der Waals surface area (Å²) in [4.78, 5) is 47.7. The van der Waals surface area contributed by atoms with Gasteiger partial charge in [-0.05, 0) is 44.9 Å². The molecule has 0 aliphatic heterocycles. The van der Waals surface area contributed by atoms with Gasteiger partial charge in [-0.3, -0.25) is 4.98 Å². The molecular weight excluding hydrogens is 468 g/mol. The first-order valence-corrected chi connectivity index (χ1v) is 12.3. The summed E-state index contributed by atoms with van der Waals surface area (Å²) in [5, 5.41) is 4.50. The van der Waals surface area contributed by atoms with Crippen molar-refractivity contribution in [3.05, 3.63) is 23.9 Å². The second kappa shape index (κ2) is 13.7. The summed E-state index contributed by atoms with van der Waals surface area (Å²) in [6, 6.07) is 4.24. The molecule has 184 valence electrons. The van der Waals surface area contributed by atoms with Crippen LogP contribution in [0.3, 0.4) is 0 Å². The summed E-state index contributed by atoms with van der Waals surface area (Å²) < 4.78 is 28.8. The summed E-state index contributed by atoms with van der Waals surface area (Å²) >= 11 is 0. The van der Waals surface area contributed by atoms with E-state index in [1.165, 1.54) is 0 Å². The van der Waals surface area contributed by atoms with Crippen LogP contribution in [0.25, 0.3) is 10.9 Å². The quantitative estimate of drug-likeness (QED) is 0.251. The Morgan fingerprint density at radius 2 is 1.62 bits per heavy atom. The van der Waals surface area contributed by atoms with Crippen LogP contribution >= 0.6 is 15.6 Å². The van der Waals surface area contributed by atoms with Crippen molar-refractivity contribution in [3.63, 3.8) is 0 Å². The van der Waals surface area contributed by atoms with Crippen molar-refractivity contribution in [2.75, 3.05) is 26.1 Å². The van der Waals surface area contributed by atoms with Gasteiger partial charge < -0.3 is 49.9 Å². The third-order valence-corrected chi connectivity index (χ3v) is 3.81. The first-order valence-electron chi connectivity index (χ1n) is 9.15. The van der Waals surface area contributed by atoms with Crippen molar-refractivity contribution in [1.82, 2.24) is 4.98 Å². The number of aromatic nitrogens is 1. The van der Waals surface area contributed by atoms with Crippen LogP contribution in [0.15, 0.2) is 18.3 Å². The number of benzene rings is 1. The highest BCUT2D eigenvalue weighted by atomic mass is 31.2. The molecule has 0 radical (unpaired) electrons. The van der Waals surface area contributed by atoms with Gasteiger partial charge in [-0.15, -0.1) is 0 Å². The van der Waals surface area contributed by atoms with Gasteiger partial charge in [-0.1, -0.05) is 0 Å². The van der Waals surface area contributed by atoms with Gasteiger partial charge in [0.1, 0.15) is 0 Å². The van der Waals surface area contributed by atoms with Crippen molar-refractivity contribution < 1.29 is 48.0 Å². The predicted molar refractivity (Wildman–Crippen MR) is 119 cm³/mol. The Morgan fingerprint density at radius 1 is 1.09 bits per heavy atom. The number of nitrogens with two attached hydrogens (primary N) is 1. The SMILES string of the molecule is COc1cc(NC(C)CCCN)c2nccc(C)c2c1OC.O=P(O)(O)O.O=P(O)(O)O. The van der Waals surface area contributed by atoms with Crippen LogP contribution in [0.4, 0.5) is 5.69 Å². The zero-order valence-electron chi connectivity index (χ0n) is 18.2. The van der Waals surface area contributed by atoms with E-state index >= 15 is 0 Å². The fourth-order valence-electron chi connectivity index (χ4n) is 2.66. The van der Waals surface area contributed by atoms with Crippen LogP contribution in [-0.4, -0.2) is 61.2 Å². The fraction of sp³-hybridized carbons (Fsp3) is 0.471. The smallest absolute Gasteiger partial charge is 0.466 e. The fourth-order valence-corrected chi connectivity index (χ4v) is 2.66. The van der Waals surface area contributed by atoms with Crippen LogP contribution in [0.2, 0.25) is 0 Å². The number of nitrogens with one attached hydrogen (secondary N) is 1. The van der Waals surface area contributed by atoms with Crippen LogP contribution in [0.5, 0.6) is 11.5 Å². The first kappa shape index (κ1) is 30.2. The molecule has 32 heavy (non-hydrogen) atoms. The minimum Gasteiger partial charge on any atom is -0.493 e. The molecule has 0 amide bonds. The minimum absolute atomic E-state index is 0.312. The number of pyridine rings is 1. The Bertz CT molecular complexity index is 911. The lowest BCUT2D eigenvalue weighted by molar-refractivity contribution is 0.272. The van der Waals surface area contributed by atoms with Crippen LogP contribution in [-0.2, 0) is 9.13 Å². The van der Waals surface area contributed by atoms with Crippen molar-refractivity contribution in [3.8, 4) is 11.5 Å². The van der Waals surface area contributed by atoms with E-state index in [9.17, 15) is 0 Å². The Hall–Kier alpha value is -1.79. The summed E-state index contributed by atoms with van der Waals surface area (Å²) in [6.45, 7) is 4.90. The number of aryl methyl sites for hydroxylation is 1. The van der Waals surface area contributed by atoms with Crippen LogP contribution in [0, 0.1) is 6.92 Å². The van der Waals surface area contributed by atoms with Crippen molar-refractivity contribution in [2.45, 2.75) is 32.7 Å². The molecule has 0 saturated carbocycles. The Morgan fingerprint density at radius 3 is 2.06 bits per heavy atom. The van der Waals surface area contributed by atoms with E-state index in [4.69, 9.17) is 53.7 Å². The number of methoxy groups -OCH3 is 2. The number of nitrogens with zero attached hydrogens (tertiary/aromatic N) is 1. The topological polar surface area (TPSA) is 225 Å². The Balaban J connectivity index is 0.000000805. The molecule has 0 aliphatic rings. The normalized spacial score (nSPS) is 12.1. The molecule has 0 saturated heterocycles. The van der Waals surface area contributed by atoms with E-state index in [1.54, 1.807) is 14.2 Å². The largest absolute Gasteiger partial charge is 0.493 e. The van der Waals surface area contributed by atoms with E-state index in [1.807, 2.05) is 25.3 Å². The van der Waals surface area contributed by atoms with Gasteiger partial charge in [0, 0.05) is 18.3 Å². The van der Waals surface area contributed by atoms with Gasteiger partial charge in [-0.2, -0.15) is 0 Å². The molecular formula is C17H31N3O10P2. The van der Waals surface area contributed by atoms with Gasteiger partial charge in [0.05, 0.1) is 30.8 Å². The number of anilines is 1. The molecule has 1 aromatic heterocycles. The van der Waals surface area contributed by atoms with Gasteiger partial charge >= 0.3 is 15.6 Å². The van der Waals surface area contributed by atoms with E-state index in [0.29, 0.717) is 18.3 Å². The summed E-state index contributed by atoms with van der Waals surface area (Å²) in [7, 11) is -5.97. The maximum atomic E-state index is 8.88. The number of fused-ring (bicyclic) bond motifs is 1. The Labute approximate surface area is 185 Å². The average molecular weight is 499 g/mol. The van der Waals surface area contributed by atoms with Gasteiger partial charge in [0.2, 0.25) is 0 Å². The number of ether oxygens (including phenoxy) is 2. The van der Waals surface area contributed by atoms with Crippen LogP contribution < -0.4 is 20.5 Å². The van der Waals surface area contributed by atoms with Crippen LogP contribution in [0.1, 0.15) is 25.3 Å². The molecule has 1 aromatic carbocycles. The van der Waals surface area contributed by atoms with Crippen molar-refractivity contribution in [1.29, 1.82) is 0 Å². The predicted octanol–water partition coefficient (Wildman–Crippen LogP) is 1.24. The second-order valence-corrected chi connectivity index (χ2v) is 8.57. The molecule has 0 spiro atoms. The Kier molecular flexibility index (Phi) is 12.9. The second-order valence-electron chi connectivity index (χ2n) is 6.51. The molecule has 13 nitrogen and oxygen atoms in total. The van der Waals surface area contributed by atoms with Crippen molar-refractivity contribution >= 4 is 32.2 Å². The summed E-state index contributed by atoms with van der Waals surface area (Å²) in [5.41, 5.74) is 8.56. The molecule has 0 aliphatic carbocycles. The molecule has 2 rings (SSSR count). The zero-order valence-corrected chi connectivity index (χ0v) is 20.0. The number of phosphoric acid groups is 2. The lowest BCUT2D eigenvalue weighted by Gasteiger charge is -2.19. The van der Waals surface area contributed by atoms with Gasteiger partial charge in [0.25, 0.3) is 0 Å². The minimum atomic E-state index is -4.64. The maximum Gasteiger partial charge on any atom is 0.466 e. The maximum absolute atomic E-state index is 8.88. The zero-order chi connectivity index (χ0) is 25.1. The number of rotatable bonds is 7. The highest BCUT2D eigenvalue weighted by molar-refractivity contribution is 7.45. The molecule has 0 bridgehead atoms. The monoisotopic (exact) mass is 499 g/mol. The van der Waals surface area contributed by atoms with E-state index in [2.05, 4.69) is 17.2 Å². The summed E-state index contributed by atoms with van der Waals surface area (Å²) in [6.07, 6.45) is 3.82. The molecule has 9 N–H and O–H groups in total. The molecule has 1 unspecified atom stereocenters. The summed E-state index contributed by atoms with van der Waals surface area (Å²) in [5.74, 6) is 1.43. The average Bonchev–Trinajstić information content (AvgIpc) is 2.63. The highest BCUT2D eigenvalue weighted by Crippen LogP contribution is 2.41. The lowest BCUT2D eigenvalue weighted by atomic mass is 10.1. The molecule has 2 aromatic rings. The van der Waals surface area contributed by atoms with Gasteiger partial charge in [-0.25, -0.2) is 9.13 Å². The standard InChI is InChI=1S/C17H25N3O2.2H3O4P/c1-11-7-9-19-16-13(20-12(2)6-5-8-18)10-14(21-3)17(22-4)15(11)16;2*1-5(2,3)4/h7,9-10,12,20H,5-6,8,18H2,1-4H3;2*(H3,1,2,3,4). The molecule has 15 heteroatoms. The molecule has 0 fully saturated rings.